The number of carbonyl (C=O) groups excluding carboxylic acids is 1. The molecular weight excluding hydrogens is 282 g/mol. The highest BCUT2D eigenvalue weighted by Gasteiger charge is 2.09. The Labute approximate surface area is 128 Å². The number of aliphatic carboxylic acids is 1. The van der Waals surface area contributed by atoms with Crippen LogP contribution < -0.4 is 5.32 Å². The van der Waals surface area contributed by atoms with Crippen LogP contribution in [0.15, 0.2) is 48.5 Å². The van der Waals surface area contributed by atoms with Gasteiger partial charge in [0.15, 0.2) is 0 Å². The number of rotatable bonds is 6. The van der Waals surface area contributed by atoms with E-state index in [-0.39, 0.29) is 24.5 Å². The number of phenols is 1. The largest absolute Gasteiger partial charge is 0.508 e. The first-order chi connectivity index (χ1) is 10.5. The predicted molar refractivity (Wildman–Crippen MR) is 82.8 cm³/mol. The molecule has 0 spiro atoms. The number of carboxylic acid groups (broad SMARTS) is 1. The molecule has 0 aliphatic heterocycles. The van der Waals surface area contributed by atoms with Crippen molar-refractivity contribution < 1.29 is 19.8 Å². The summed E-state index contributed by atoms with van der Waals surface area (Å²) in [6.45, 7) is 0. The summed E-state index contributed by atoms with van der Waals surface area (Å²) in [4.78, 5) is 22.7. The lowest BCUT2D eigenvalue weighted by molar-refractivity contribution is -0.136. The highest BCUT2D eigenvalue weighted by molar-refractivity contribution is 5.93. The SMILES string of the molecule is O=C(O)CCc1ccccc1NC(=O)Cc1ccc(O)cc1. The molecule has 0 saturated carbocycles. The van der Waals surface area contributed by atoms with E-state index in [1.165, 1.54) is 12.1 Å². The van der Waals surface area contributed by atoms with Crippen LogP contribution in [0.25, 0.3) is 0 Å². The fourth-order valence-corrected chi connectivity index (χ4v) is 2.10. The van der Waals surface area contributed by atoms with E-state index >= 15 is 0 Å². The van der Waals surface area contributed by atoms with Crippen LogP contribution in [0, 0.1) is 0 Å². The van der Waals surface area contributed by atoms with Crippen LogP contribution >= 0.6 is 0 Å². The molecule has 5 nitrogen and oxygen atoms in total. The maximum atomic E-state index is 12.1. The van der Waals surface area contributed by atoms with Crippen LogP contribution in [0.4, 0.5) is 5.69 Å². The summed E-state index contributed by atoms with van der Waals surface area (Å²) in [7, 11) is 0. The molecule has 0 aromatic heterocycles. The Bertz CT molecular complexity index is 665. The van der Waals surface area contributed by atoms with Gasteiger partial charge in [0.1, 0.15) is 5.75 Å². The molecule has 114 valence electrons. The van der Waals surface area contributed by atoms with E-state index in [1.807, 2.05) is 6.07 Å². The van der Waals surface area contributed by atoms with Crippen molar-refractivity contribution in [3.63, 3.8) is 0 Å². The van der Waals surface area contributed by atoms with Gasteiger partial charge >= 0.3 is 5.97 Å². The number of anilines is 1. The minimum Gasteiger partial charge on any atom is -0.508 e. The van der Waals surface area contributed by atoms with Crippen molar-refractivity contribution in [3.05, 3.63) is 59.7 Å². The molecule has 0 heterocycles. The van der Waals surface area contributed by atoms with Crippen LogP contribution in [0.5, 0.6) is 5.75 Å². The van der Waals surface area contributed by atoms with Gasteiger partial charge in [-0.05, 0) is 35.7 Å². The Morgan fingerprint density at radius 3 is 2.36 bits per heavy atom. The lowest BCUT2D eigenvalue weighted by atomic mass is 10.1. The van der Waals surface area contributed by atoms with Crippen molar-refractivity contribution in [2.75, 3.05) is 5.32 Å². The molecule has 3 N–H and O–H groups in total. The minimum atomic E-state index is -0.870. The van der Waals surface area contributed by atoms with Crippen LogP contribution in [0.2, 0.25) is 0 Å². The third-order valence-electron chi connectivity index (χ3n) is 3.20. The summed E-state index contributed by atoms with van der Waals surface area (Å²) in [5.41, 5.74) is 2.22. The average Bonchev–Trinajstić information content (AvgIpc) is 2.48. The zero-order chi connectivity index (χ0) is 15.9. The molecule has 2 aromatic rings. The van der Waals surface area contributed by atoms with E-state index in [4.69, 9.17) is 5.11 Å². The van der Waals surface area contributed by atoms with Crippen molar-refractivity contribution in [3.8, 4) is 5.75 Å². The van der Waals surface area contributed by atoms with Crippen LogP contribution in [-0.2, 0) is 22.4 Å². The molecule has 2 rings (SSSR count). The number of carbonyl (C=O) groups is 2. The number of para-hydroxylation sites is 1. The van der Waals surface area contributed by atoms with E-state index in [0.29, 0.717) is 12.1 Å². The molecule has 22 heavy (non-hydrogen) atoms. The molecule has 1 amide bonds. The molecule has 0 aliphatic rings. The predicted octanol–water partition coefficient (Wildman–Crippen LogP) is 2.59. The summed E-state index contributed by atoms with van der Waals surface area (Å²) in [5.74, 6) is -0.901. The quantitative estimate of drug-likeness (QED) is 0.765. The van der Waals surface area contributed by atoms with Crippen molar-refractivity contribution in [2.45, 2.75) is 19.3 Å². The maximum absolute atomic E-state index is 12.1. The van der Waals surface area contributed by atoms with E-state index in [1.54, 1.807) is 30.3 Å². The first kappa shape index (κ1) is 15.6. The standard InChI is InChI=1S/C17H17NO4/c19-14-8-5-12(6-9-14)11-16(20)18-15-4-2-1-3-13(15)7-10-17(21)22/h1-6,8-9,19H,7,10-11H2,(H,18,20)(H,21,22). The molecule has 0 radical (unpaired) electrons. The number of amides is 1. The number of aryl methyl sites for hydroxylation is 1. The van der Waals surface area contributed by atoms with E-state index in [0.717, 1.165) is 11.1 Å². The molecule has 0 fully saturated rings. The topological polar surface area (TPSA) is 86.6 Å². The van der Waals surface area contributed by atoms with Crippen LogP contribution in [0.3, 0.4) is 0 Å². The smallest absolute Gasteiger partial charge is 0.303 e. The molecule has 5 heteroatoms. The fourth-order valence-electron chi connectivity index (χ4n) is 2.10. The highest BCUT2D eigenvalue weighted by atomic mass is 16.4. The van der Waals surface area contributed by atoms with Crippen LogP contribution in [0.1, 0.15) is 17.5 Å². The third-order valence-corrected chi connectivity index (χ3v) is 3.20. The molecule has 0 saturated heterocycles. The van der Waals surface area contributed by atoms with Gasteiger partial charge in [0.2, 0.25) is 5.91 Å². The molecule has 2 aromatic carbocycles. The summed E-state index contributed by atoms with van der Waals surface area (Å²) >= 11 is 0. The molecule has 0 unspecified atom stereocenters. The highest BCUT2D eigenvalue weighted by Crippen LogP contribution is 2.18. The van der Waals surface area contributed by atoms with E-state index in [2.05, 4.69) is 5.32 Å². The van der Waals surface area contributed by atoms with Crippen molar-refractivity contribution >= 4 is 17.6 Å². The molecular formula is C17H17NO4. The fraction of sp³-hybridized carbons (Fsp3) is 0.176. The Morgan fingerprint density at radius 2 is 1.68 bits per heavy atom. The summed E-state index contributed by atoms with van der Waals surface area (Å²) in [5, 5.41) is 20.8. The zero-order valence-electron chi connectivity index (χ0n) is 12.0. The lowest BCUT2D eigenvalue weighted by Crippen LogP contribution is -2.15. The van der Waals surface area contributed by atoms with Crippen molar-refractivity contribution in [1.82, 2.24) is 0 Å². The summed E-state index contributed by atoms with van der Waals surface area (Å²) in [6, 6.07) is 13.6. The second-order valence-corrected chi connectivity index (χ2v) is 4.94. The number of hydrogen-bond donors (Lipinski definition) is 3. The molecule has 0 atom stereocenters. The van der Waals surface area contributed by atoms with Crippen molar-refractivity contribution in [1.29, 1.82) is 0 Å². The number of nitrogens with one attached hydrogen (secondary N) is 1. The van der Waals surface area contributed by atoms with Gasteiger partial charge in [-0.15, -0.1) is 0 Å². The van der Waals surface area contributed by atoms with E-state index < -0.39 is 5.97 Å². The van der Waals surface area contributed by atoms with Gasteiger partial charge in [0.25, 0.3) is 0 Å². The van der Waals surface area contributed by atoms with E-state index in [9.17, 15) is 14.7 Å². The summed E-state index contributed by atoms with van der Waals surface area (Å²) < 4.78 is 0. The normalized spacial score (nSPS) is 10.2. The first-order valence-corrected chi connectivity index (χ1v) is 6.92. The Balaban J connectivity index is 2.01. The van der Waals surface area contributed by atoms with Gasteiger partial charge in [-0.2, -0.15) is 0 Å². The Morgan fingerprint density at radius 1 is 1.00 bits per heavy atom. The Hall–Kier alpha value is -2.82. The number of hydrogen-bond acceptors (Lipinski definition) is 3. The molecule has 0 aliphatic carbocycles. The number of carboxylic acids is 1. The minimum absolute atomic E-state index is 0.0187. The van der Waals surface area contributed by atoms with Gasteiger partial charge < -0.3 is 15.5 Å². The second kappa shape index (κ2) is 7.26. The van der Waals surface area contributed by atoms with Gasteiger partial charge in [-0.3, -0.25) is 9.59 Å². The van der Waals surface area contributed by atoms with Crippen LogP contribution in [-0.4, -0.2) is 22.1 Å². The first-order valence-electron chi connectivity index (χ1n) is 6.92. The van der Waals surface area contributed by atoms with Gasteiger partial charge in [-0.25, -0.2) is 0 Å². The number of benzene rings is 2. The number of aromatic hydroxyl groups is 1. The number of phenolic OH excluding ortho intramolecular Hbond substituents is 1. The maximum Gasteiger partial charge on any atom is 0.303 e. The average molecular weight is 299 g/mol. The monoisotopic (exact) mass is 299 g/mol. The van der Waals surface area contributed by atoms with Gasteiger partial charge in [-0.1, -0.05) is 30.3 Å². The van der Waals surface area contributed by atoms with Gasteiger partial charge in [0, 0.05) is 12.1 Å². The van der Waals surface area contributed by atoms with Gasteiger partial charge in [0.05, 0.1) is 6.42 Å². The lowest BCUT2D eigenvalue weighted by Gasteiger charge is -2.10. The third kappa shape index (κ3) is 4.63. The zero-order valence-corrected chi connectivity index (χ0v) is 12.0. The summed E-state index contributed by atoms with van der Waals surface area (Å²) in [6.07, 6.45) is 0.573. The molecule has 0 bridgehead atoms. The second-order valence-electron chi connectivity index (χ2n) is 4.94. The van der Waals surface area contributed by atoms with Crippen molar-refractivity contribution in [2.24, 2.45) is 0 Å². The Kier molecular flexibility index (Phi) is 5.14.